The first-order valence-corrected chi connectivity index (χ1v) is 9.05. The second-order valence-corrected chi connectivity index (χ2v) is 7.04. The molecule has 2 aromatic rings. The molecule has 1 amide bonds. The topological polar surface area (TPSA) is 109 Å². The molecule has 0 saturated carbocycles. The fourth-order valence-corrected chi connectivity index (χ4v) is 3.63. The number of anilines is 1. The number of nitrogens with one attached hydrogen (secondary N) is 1. The Morgan fingerprint density at radius 2 is 1.89 bits per heavy atom. The number of hydrogen-bond donors (Lipinski definition) is 1. The van der Waals surface area contributed by atoms with Gasteiger partial charge in [0.2, 0.25) is 5.95 Å². The molecule has 0 radical (unpaired) electrons. The minimum Gasteiger partial charge on any atom is -0.336 e. The van der Waals surface area contributed by atoms with Crippen LogP contribution in [0.5, 0.6) is 0 Å². The first-order valence-electron chi connectivity index (χ1n) is 9.05. The number of amides is 1. The molecule has 1 aromatic heterocycles. The van der Waals surface area contributed by atoms with Gasteiger partial charge in [-0.15, -0.1) is 0 Å². The van der Waals surface area contributed by atoms with Crippen LogP contribution in [0.2, 0.25) is 0 Å². The van der Waals surface area contributed by atoms with Gasteiger partial charge < -0.3 is 15.1 Å². The van der Waals surface area contributed by atoms with Crippen LogP contribution in [0.15, 0.2) is 41.9 Å². The number of allylic oxidation sites excluding steroid dienone is 1. The molecule has 146 valence electrons. The quantitative estimate of drug-likeness (QED) is 0.627. The largest absolute Gasteiger partial charge is 0.336 e. The molecule has 1 saturated heterocycles. The Bertz CT molecular complexity index is 942. The van der Waals surface area contributed by atoms with Crippen molar-refractivity contribution in [3.05, 3.63) is 57.5 Å². The van der Waals surface area contributed by atoms with Crippen molar-refractivity contribution in [2.45, 2.75) is 13.0 Å². The number of carbonyl (C=O) groups is 1. The van der Waals surface area contributed by atoms with E-state index in [-0.39, 0.29) is 11.6 Å². The van der Waals surface area contributed by atoms with E-state index in [1.165, 1.54) is 18.5 Å². The first-order chi connectivity index (χ1) is 13.5. The molecule has 0 aliphatic carbocycles. The summed E-state index contributed by atoms with van der Waals surface area (Å²) in [4.78, 5) is 32.2. The van der Waals surface area contributed by atoms with Gasteiger partial charge in [-0.25, -0.2) is 4.68 Å². The molecule has 0 bridgehead atoms. The van der Waals surface area contributed by atoms with Crippen molar-refractivity contribution >= 4 is 17.5 Å². The third kappa shape index (κ3) is 3.11. The Hall–Kier alpha value is -3.27. The van der Waals surface area contributed by atoms with E-state index in [0.29, 0.717) is 30.3 Å². The maximum absolute atomic E-state index is 13.4. The summed E-state index contributed by atoms with van der Waals surface area (Å²) < 4.78 is 1.65. The average molecular weight is 383 g/mol. The highest BCUT2D eigenvalue weighted by molar-refractivity contribution is 5.96. The lowest BCUT2D eigenvalue weighted by Gasteiger charge is -2.36. The highest BCUT2D eigenvalue weighted by Crippen LogP contribution is 2.36. The van der Waals surface area contributed by atoms with E-state index in [2.05, 4.69) is 20.3 Å². The smallest absolute Gasteiger partial charge is 0.269 e. The number of piperazine rings is 1. The molecule has 4 rings (SSSR count). The molecule has 3 heterocycles. The van der Waals surface area contributed by atoms with Crippen LogP contribution in [0.1, 0.15) is 18.5 Å². The van der Waals surface area contributed by atoms with E-state index in [0.717, 1.165) is 18.7 Å². The minimum absolute atomic E-state index is 0.00384. The Morgan fingerprint density at radius 3 is 2.54 bits per heavy atom. The number of non-ortho nitro benzene ring substituents is 1. The van der Waals surface area contributed by atoms with E-state index in [1.54, 1.807) is 16.8 Å². The van der Waals surface area contributed by atoms with Gasteiger partial charge in [0.05, 0.1) is 10.5 Å². The predicted octanol–water partition coefficient (Wildman–Crippen LogP) is 1.25. The van der Waals surface area contributed by atoms with Crippen molar-refractivity contribution in [1.82, 2.24) is 24.6 Å². The van der Waals surface area contributed by atoms with Crippen LogP contribution in [0.3, 0.4) is 0 Å². The normalized spacial score (nSPS) is 19.9. The van der Waals surface area contributed by atoms with Gasteiger partial charge in [-0.05, 0) is 31.7 Å². The molecule has 10 heteroatoms. The number of hydrogen-bond acceptors (Lipinski definition) is 7. The molecule has 2 aliphatic heterocycles. The van der Waals surface area contributed by atoms with Crippen LogP contribution >= 0.6 is 0 Å². The number of carbonyl (C=O) groups excluding carboxylic acids is 1. The van der Waals surface area contributed by atoms with Crippen LogP contribution in [0.25, 0.3) is 0 Å². The number of nitro benzene ring substituents is 1. The van der Waals surface area contributed by atoms with E-state index in [9.17, 15) is 14.9 Å². The summed E-state index contributed by atoms with van der Waals surface area (Å²) in [5, 5.41) is 18.4. The number of aromatic nitrogens is 3. The number of benzene rings is 1. The Balaban J connectivity index is 1.74. The van der Waals surface area contributed by atoms with Crippen LogP contribution < -0.4 is 5.32 Å². The lowest BCUT2D eigenvalue weighted by Crippen LogP contribution is -2.49. The van der Waals surface area contributed by atoms with Gasteiger partial charge in [0.25, 0.3) is 11.6 Å². The fraction of sp³-hybridized carbons (Fsp3) is 0.389. The fourth-order valence-electron chi connectivity index (χ4n) is 3.63. The maximum atomic E-state index is 13.4. The van der Waals surface area contributed by atoms with Crippen LogP contribution in [-0.2, 0) is 4.79 Å². The Kier molecular flexibility index (Phi) is 4.55. The molecule has 0 spiro atoms. The summed E-state index contributed by atoms with van der Waals surface area (Å²) in [6.07, 6.45) is 1.43. The van der Waals surface area contributed by atoms with Crippen molar-refractivity contribution in [3.63, 3.8) is 0 Å². The Labute approximate surface area is 161 Å². The van der Waals surface area contributed by atoms with Gasteiger partial charge in [-0.3, -0.25) is 14.9 Å². The summed E-state index contributed by atoms with van der Waals surface area (Å²) in [7, 11) is 2.04. The summed E-state index contributed by atoms with van der Waals surface area (Å²) in [5.41, 5.74) is 2.05. The zero-order chi connectivity index (χ0) is 19.8. The van der Waals surface area contributed by atoms with Gasteiger partial charge >= 0.3 is 0 Å². The van der Waals surface area contributed by atoms with E-state index in [1.807, 2.05) is 18.9 Å². The first kappa shape index (κ1) is 18.1. The zero-order valence-electron chi connectivity index (χ0n) is 15.7. The van der Waals surface area contributed by atoms with Gasteiger partial charge in [0.15, 0.2) is 0 Å². The molecule has 1 fully saturated rings. The highest BCUT2D eigenvalue weighted by atomic mass is 16.6. The highest BCUT2D eigenvalue weighted by Gasteiger charge is 2.36. The van der Waals surface area contributed by atoms with Crippen molar-refractivity contribution < 1.29 is 9.72 Å². The zero-order valence-corrected chi connectivity index (χ0v) is 15.7. The van der Waals surface area contributed by atoms with E-state index in [4.69, 9.17) is 0 Å². The second-order valence-electron chi connectivity index (χ2n) is 7.04. The summed E-state index contributed by atoms with van der Waals surface area (Å²) in [6.45, 7) is 4.80. The van der Waals surface area contributed by atoms with Crippen molar-refractivity contribution in [2.24, 2.45) is 0 Å². The van der Waals surface area contributed by atoms with Gasteiger partial charge in [0, 0.05) is 44.0 Å². The second kappa shape index (κ2) is 7.04. The van der Waals surface area contributed by atoms with Crippen molar-refractivity contribution in [3.8, 4) is 0 Å². The standard InChI is InChI=1S/C18H21N7O3/c1-12-15(17(26)23-9-7-22(2)8-10-23)16(24-18(21-12)19-11-20-24)13-3-5-14(6-4-13)25(27)28/h3-6,11,16H,7-10H2,1-2H3,(H,19,20,21)/t16-/m0/s1. The van der Waals surface area contributed by atoms with E-state index < -0.39 is 11.0 Å². The van der Waals surface area contributed by atoms with Crippen LogP contribution in [-0.4, -0.2) is 68.6 Å². The lowest BCUT2D eigenvalue weighted by atomic mass is 9.94. The van der Waals surface area contributed by atoms with Crippen molar-refractivity contribution in [1.29, 1.82) is 0 Å². The van der Waals surface area contributed by atoms with Gasteiger partial charge in [-0.2, -0.15) is 10.1 Å². The molecule has 1 N–H and O–H groups in total. The van der Waals surface area contributed by atoms with Gasteiger partial charge in [0.1, 0.15) is 12.4 Å². The molecule has 2 aliphatic rings. The monoisotopic (exact) mass is 383 g/mol. The number of nitro groups is 1. The molecule has 10 nitrogen and oxygen atoms in total. The molecule has 1 aromatic carbocycles. The number of fused-ring (bicyclic) bond motifs is 1. The summed E-state index contributed by atoms with van der Waals surface area (Å²) in [5.74, 6) is 0.485. The predicted molar refractivity (Wildman–Crippen MR) is 102 cm³/mol. The molecular formula is C18H21N7O3. The van der Waals surface area contributed by atoms with Crippen molar-refractivity contribution in [2.75, 3.05) is 38.5 Å². The molecule has 28 heavy (non-hydrogen) atoms. The third-order valence-electron chi connectivity index (χ3n) is 5.23. The Morgan fingerprint density at radius 1 is 1.21 bits per heavy atom. The maximum Gasteiger partial charge on any atom is 0.269 e. The summed E-state index contributed by atoms with van der Waals surface area (Å²) >= 11 is 0. The molecule has 0 unspecified atom stereocenters. The number of rotatable bonds is 3. The van der Waals surface area contributed by atoms with Crippen LogP contribution in [0.4, 0.5) is 11.6 Å². The SMILES string of the molecule is CC1=C(C(=O)N2CCN(C)CC2)[C@H](c2ccc([N+](=O)[O-])cc2)n2ncnc2N1. The lowest BCUT2D eigenvalue weighted by molar-refractivity contribution is -0.384. The number of likely N-dealkylation sites (N-methyl/N-ethyl adjacent to an activating group) is 1. The minimum atomic E-state index is -0.494. The average Bonchev–Trinajstić information content (AvgIpc) is 3.15. The van der Waals surface area contributed by atoms with E-state index >= 15 is 0 Å². The number of nitrogens with zero attached hydrogens (tertiary/aromatic N) is 6. The summed E-state index contributed by atoms with van der Waals surface area (Å²) in [6, 6.07) is 5.74. The van der Waals surface area contributed by atoms with Gasteiger partial charge in [-0.1, -0.05) is 0 Å². The van der Waals surface area contributed by atoms with Crippen LogP contribution in [0, 0.1) is 10.1 Å². The molecule has 1 atom stereocenters. The molecular weight excluding hydrogens is 362 g/mol. The third-order valence-corrected chi connectivity index (χ3v) is 5.23.